The molecule has 0 spiro atoms. The number of nitrogens with one attached hydrogen (secondary N) is 1. The van der Waals surface area contributed by atoms with Gasteiger partial charge in [-0.15, -0.1) is 0 Å². The van der Waals surface area contributed by atoms with Crippen LogP contribution in [0.15, 0.2) is 18.3 Å². The summed E-state index contributed by atoms with van der Waals surface area (Å²) in [5.41, 5.74) is 1.72. The molecule has 5 heteroatoms. The van der Waals surface area contributed by atoms with E-state index in [4.69, 9.17) is 0 Å². The molecule has 5 nitrogen and oxygen atoms in total. The van der Waals surface area contributed by atoms with Crippen molar-refractivity contribution in [2.24, 2.45) is 0 Å². The molecule has 0 saturated carbocycles. The highest BCUT2D eigenvalue weighted by Gasteiger charge is 2.24. The van der Waals surface area contributed by atoms with Crippen LogP contribution < -0.4 is 10.2 Å². The molecule has 1 N–H and O–H groups in total. The molecule has 0 aliphatic carbocycles. The maximum atomic E-state index is 11.7. The van der Waals surface area contributed by atoms with E-state index in [2.05, 4.69) is 10.3 Å². The van der Waals surface area contributed by atoms with Crippen molar-refractivity contribution in [3.8, 4) is 0 Å². The predicted octanol–water partition coefficient (Wildman–Crippen LogP) is 1.65. The Kier molecular flexibility index (Phi) is 3.08. The van der Waals surface area contributed by atoms with Gasteiger partial charge in [0, 0.05) is 30.5 Å². The zero-order chi connectivity index (χ0) is 12.4. The number of aromatic nitrogens is 1. The average Bonchev–Trinajstić information content (AvgIpc) is 2.29. The van der Waals surface area contributed by atoms with Gasteiger partial charge in [-0.2, -0.15) is 0 Å². The number of carbonyl (C=O) groups is 2. The number of imide groups is 1. The highest BCUT2D eigenvalue weighted by atomic mass is 16.2. The molecule has 1 aliphatic rings. The lowest BCUT2D eigenvalue weighted by atomic mass is 10.1. The van der Waals surface area contributed by atoms with E-state index in [1.807, 2.05) is 19.9 Å². The van der Waals surface area contributed by atoms with Crippen molar-refractivity contribution < 1.29 is 9.59 Å². The lowest BCUT2D eigenvalue weighted by molar-refractivity contribution is -0.120. The molecule has 17 heavy (non-hydrogen) atoms. The van der Waals surface area contributed by atoms with Gasteiger partial charge in [-0.05, 0) is 18.1 Å². The fourth-order valence-corrected chi connectivity index (χ4v) is 1.73. The zero-order valence-corrected chi connectivity index (χ0v) is 9.93. The monoisotopic (exact) mass is 233 g/mol. The summed E-state index contributed by atoms with van der Waals surface area (Å²) in [6.07, 6.45) is 2.03. The summed E-state index contributed by atoms with van der Waals surface area (Å²) >= 11 is 0. The number of rotatable bonds is 2. The second-order valence-electron chi connectivity index (χ2n) is 4.35. The molecular weight excluding hydrogens is 218 g/mol. The highest BCUT2D eigenvalue weighted by Crippen LogP contribution is 2.20. The van der Waals surface area contributed by atoms with Gasteiger partial charge in [-0.25, -0.2) is 4.79 Å². The number of hydrogen-bond acceptors (Lipinski definition) is 3. The van der Waals surface area contributed by atoms with Gasteiger partial charge in [0.1, 0.15) is 0 Å². The molecule has 0 radical (unpaired) electrons. The number of urea groups is 1. The number of pyridine rings is 1. The number of amides is 3. The van der Waals surface area contributed by atoms with Crippen molar-refractivity contribution in [2.45, 2.75) is 26.2 Å². The standard InChI is InChI=1S/C12H15N3O2/c1-8(2)10-7-9(3-5-13-10)15-6-4-11(16)14-12(15)17/h3,5,7-8H,4,6H2,1-2H3,(H,14,16,17). The summed E-state index contributed by atoms with van der Waals surface area (Å²) in [5.74, 6) is 0.0915. The molecule has 1 fully saturated rings. The molecule has 2 rings (SSSR count). The third-order valence-corrected chi connectivity index (χ3v) is 2.72. The number of nitrogens with zero attached hydrogens (tertiary/aromatic N) is 2. The van der Waals surface area contributed by atoms with Crippen LogP contribution in [0.3, 0.4) is 0 Å². The minimum absolute atomic E-state index is 0.218. The van der Waals surface area contributed by atoms with Gasteiger partial charge in [-0.3, -0.25) is 20.0 Å². The molecule has 0 bridgehead atoms. The molecular formula is C12H15N3O2. The van der Waals surface area contributed by atoms with Gasteiger partial charge in [0.2, 0.25) is 5.91 Å². The Labute approximate surface area is 99.8 Å². The molecule has 1 aromatic rings. The van der Waals surface area contributed by atoms with Crippen LogP contribution in [0.5, 0.6) is 0 Å². The van der Waals surface area contributed by atoms with Gasteiger partial charge in [0.05, 0.1) is 0 Å². The van der Waals surface area contributed by atoms with E-state index in [9.17, 15) is 9.59 Å². The first-order chi connectivity index (χ1) is 8.08. The first-order valence-electron chi connectivity index (χ1n) is 5.65. The molecule has 1 aliphatic heterocycles. The lowest BCUT2D eigenvalue weighted by Crippen LogP contribution is -2.49. The third-order valence-electron chi connectivity index (χ3n) is 2.72. The summed E-state index contributed by atoms with van der Waals surface area (Å²) in [6.45, 7) is 4.52. The van der Waals surface area contributed by atoms with Gasteiger partial charge >= 0.3 is 6.03 Å². The maximum absolute atomic E-state index is 11.7. The maximum Gasteiger partial charge on any atom is 0.328 e. The first-order valence-corrected chi connectivity index (χ1v) is 5.65. The number of carbonyl (C=O) groups excluding carboxylic acids is 2. The van der Waals surface area contributed by atoms with E-state index in [0.29, 0.717) is 18.9 Å². The minimum atomic E-state index is -0.359. The Morgan fingerprint density at radius 1 is 1.41 bits per heavy atom. The van der Waals surface area contributed by atoms with Gasteiger partial charge in [-0.1, -0.05) is 13.8 Å². The predicted molar refractivity (Wildman–Crippen MR) is 63.8 cm³/mol. The van der Waals surface area contributed by atoms with Gasteiger partial charge in [0.25, 0.3) is 0 Å². The quantitative estimate of drug-likeness (QED) is 0.844. The third kappa shape index (κ3) is 2.43. The summed E-state index contributed by atoms with van der Waals surface area (Å²) in [5, 5.41) is 2.30. The molecule has 90 valence electrons. The Hall–Kier alpha value is -1.91. The van der Waals surface area contributed by atoms with E-state index in [-0.39, 0.29) is 11.9 Å². The Bertz CT molecular complexity index is 457. The van der Waals surface area contributed by atoms with Gasteiger partial charge < -0.3 is 0 Å². The molecule has 1 saturated heterocycles. The van der Waals surface area contributed by atoms with Crippen molar-refractivity contribution >= 4 is 17.6 Å². The van der Waals surface area contributed by atoms with E-state index >= 15 is 0 Å². The molecule has 0 atom stereocenters. The fourth-order valence-electron chi connectivity index (χ4n) is 1.73. The molecule has 3 amide bonds. The summed E-state index contributed by atoms with van der Waals surface area (Å²) in [7, 11) is 0. The Morgan fingerprint density at radius 2 is 2.18 bits per heavy atom. The lowest BCUT2D eigenvalue weighted by Gasteiger charge is -2.26. The molecule has 0 unspecified atom stereocenters. The van der Waals surface area contributed by atoms with Crippen LogP contribution in [-0.4, -0.2) is 23.5 Å². The average molecular weight is 233 g/mol. The minimum Gasteiger partial charge on any atom is -0.294 e. The molecule has 2 heterocycles. The summed E-state index contributed by atoms with van der Waals surface area (Å²) < 4.78 is 0. The van der Waals surface area contributed by atoms with E-state index in [1.165, 1.54) is 0 Å². The van der Waals surface area contributed by atoms with Crippen LogP contribution in [0.25, 0.3) is 0 Å². The van der Waals surface area contributed by atoms with Crippen LogP contribution in [0, 0.1) is 0 Å². The summed E-state index contributed by atoms with van der Waals surface area (Å²) in [6, 6.07) is 3.31. The Morgan fingerprint density at radius 3 is 2.82 bits per heavy atom. The van der Waals surface area contributed by atoms with Crippen molar-refractivity contribution in [1.82, 2.24) is 10.3 Å². The van der Waals surface area contributed by atoms with Crippen LogP contribution in [0.4, 0.5) is 10.5 Å². The van der Waals surface area contributed by atoms with E-state index in [0.717, 1.165) is 11.4 Å². The fraction of sp³-hybridized carbons (Fsp3) is 0.417. The second-order valence-corrected chi connectivity index (χ2v) is 4.35. The van der Waals surface area contributed by atoms with Crippen LogP contribution >= 0.6 is 0 Å². The highest BCUT2D eigenvalue weighted by molar-refractivity contribution is 6.05. The van der Waals surface area contributed by atoms with Crippen molar-refractivity contribution in [3.63, 3.8) is 0 Å². The van der Waals surface area contributed by atoms with Crippen molar-refractivity contribution in [2.75, 3.05) is 11.4 Å². The molecule has 1 aromatic heterocycles. The van der Waals surface area contributed by atoms with Crippen LogP contribution in [0.1, 0.15) is 31.9 Å². The molecule has 0 aromatic carbocycles. The van der Waals surface area contributed by atoms with Crippen molar-refractivity contribution in [1.29, 1.82) is 0 Å². The second kappa shape index (κ2) is 4.53. The van der Waals surface area contributed by atoms with Gasteiger partial charge in [0.15, 0.2) is 0 Å². The topological polar surface area (TPSA) is 62.3 Å². The number of hydrogen-bond donors (Lipinski definition) is 1. The zero-order valence-electron chi connectivity index (χ0n) is 9.93. The van der Waals surface area contributed by atoms with E-state index in [1.54, 1.807) is 17.2 Å². The van der Waals surface area contributed by atoms with Crippen molar-refractivity contribution in [3.05, 3.63) is 24.0 Å². The SMILES string of the molecule is CC(C)c1cc(N2CCC(=O)NC2=O)ccn1. The largest absolute Gasteiger partial charge is 0.328 e. The van der Waals surface area contributed by atoms with E-state index < -0.39 is 0 Å². The normalized spacial score (nSPS) is 16.3. The van der Waals surface area contributed by atoms with Crippen LogP contribution in [-0.2, 0) is 4.79 Å². The first kappa shape index (κ1) is 11.6. The summed E-state index contributed by atoms with van der Waals surface area (Å²) in [4.78, 5) is 28.5. The van der Waals surface area contributed by atoms with Crippen LogP contribution in [0.2, 0.25) is 0 Å². The Balaban J connectivity index is 2.25. The number of anilines is 1. The smallest absolute Gasteiger partial charge is 0.294 e.